The molecule has 3 aromatic carbocycles. The van der Waals surface area contributed by atoms with E-state index < -0.39 is 29.4 Å². The summed E-state index contributed by atoms with van der Waals surface area (Å²) in [5.41, 5.74) is 3.98. The predicted octanol–water partition coefficient (Wildman–Crippen LogP) is 7.23. The van der Waals surface area contributed by atoms with Gasteiger partial charge in [-0.05, 0) is 141 Å². The second kappa shape index (κ2) is 13.9. The van der Waals surface area contributed by atoms with E-state index in [0.717, 1.165) is 86.3 Å². The highest BCUT2D eigenvalue weighted by molar-refractivity contribution is 9.10. The van der Waals surface area contributed by atoms with Gasteiger partial charge >= 0.3 is 0 Å². The maximum atomic E-state index is 15.2. The van der Waals surface area contributed by atoms with E-state index in [1.807, 2.05) is 23.1 Å². The molecule has 4 saturated heterocycles. The average molecular weight is 815 g/mol. The lowest BCUT2D eigenvalue weighted by Gasteiger charge is -2.47. The molecule has 1 N–H and O–H groups in total. The van der Waals surface area contributed by atoms with Crippen LogP contribution in [0.1, 0.15) is 99.6 Å². The lowest BCUT2D eigenvalue weighted by atomic mass is 9.81. The summed E-state index contributed by atoms with van der Waals surface area (Å²) in [7, 11) is 0. The monoisotopic (exact) mass is 813 g/mol. The normalized spacial score (nSPS) is 23.9. The Morgan fingerprint density at radius 2 is 1.67 bits per heavy atom. The summed E-state index contributed by atoms with van der Waals surface area (Å²) >= 11 is 3.59. The molecule has 288 valence electrons. The van der Waals surface area contributed by atoms with E-state index in [4.69, 9.17) is 4.74 Å². The molecule has 12 heteroatoms. The number of halogens is 3. The Labute approximate surface area is 327 Å². The number of benzene rings is 3. The minimum Gasteiger partial charge on any atom is -0.375 e. The summed E-state index contributed by atoms with van der Waals surface area (Å²) in [6.07, 6.45) is 6.03. The number of amides is 2. The molecule has 1 aromatic heterocycles. The fraction of sp³-hybridized carbons (Fsp3) is 0.488. The zero-order valence-electron chi connectivity index (χ0n) is 31.3. The van der Waals surface area contributed by atoms with Gasteiger partial charge < -0.3 is 14.5 Å². The summed E-state index contributed by atoms with van der Waals surface area (Å²) in [5.74, 6) is -1.82. The molecule has 9 rings (SSSR count). The van der Waals surface area contributed by atoms with Gasteiger partial charge in [0.25, 0.3) is 5.56 Å². The maximum absolute atomic E-state index is 15.2. The number of anilines is 1. The smallest absolute Gasteiger partial charge is 0.281 e. The molecule has 4 fully saturated rings. The van der Waals surface area contributed by atoms with Crippen molar-refractivity contribution in [3.05, 3.63) is 97.5 Å². The maximum Gasteiger partial charge on any atom is 0.281 e. The van der Waals surface area contributed by atoms with Crippen LogP contribution in [0.5, 0.6) is 0 Å². The van der Waals surface area contributed by atoms with Gasteiger partial charge in [-0.25, -0.2) is 8.78 Å². The zero-order valence-corrected chi connectivity index (χ0v) is 32.9. The fourth-order valence-corrected chi connectivity index (χ4v) is 10.5. The third-order valence-electron chi connectivity index (χ3n) is 13.3. The largest absolute Gasteiger partial charge is 0.375 e. The van der Waals surface area contributed by atoms with Crippen molar-refractivity contribution in [3.8, 4) is 5.69 Å². The first-order valence-electron chi connectivity index (χ1n) is 19.7. The molecule has 2 unspecified atom stereocenters. The van der Waals surface area contributed by atoms with Crippen molar-refractivity contribution in [2.45, 2.75) is 88.1 Å². The summed E-state index contributed by atoms with van der Waals surface area (Å²) in [4.78, 5) is 46.1. The number of aromatic nitrogens is 2. The van der Waals surface area contributed by atoms with E-state index in [9.17, 15) is 14.4 Å². The molecular formula is C43H46BrF2N5O4. The quantitative estimate of drug-likeness (QED) is 0.213. The Morgan fingerprint density at radius 1 is 0.927 bits per heavy atom. The Morgan fingerprint density at radius 3 is 2.36 bits per heavy atom. The molecule has 0 aliphatic carbocycles. The number of piperidine rings is 3. The summed E-state index contributed by atoms with van der Waals surface area (Å²) < 4.78 is 40.0. The molecule has 6 heterocycles. The highest BCUT2D eigenvalue weighted by Crippen LogP contribution is 2.45. The number of nitrogens with zero attached hydrogens (tertiary/aromatic N) is 4. The van der Waals surface area contributed by atoms with Gasteiger partial charge in [-0.2, -0.15) is 4.98 Å². The second-order valence-corrected chi connectivity index (χ2v) is 17.8. The predicted molar refractivity (Wildman–Crippen MR) is 210 cm³/mol. The summed E-state index contributed by atoms with van der Waals surface area (Å²) in [6.45, 7) is 9.42. The van der Waals surface area contributed by atoms with Gasteiger partial charge in [0, 0.05) is 41.8 Å². The standard InChI is InChI=1S/C43H46BrF2N5O4/c1-42(2)30-8-6-27(20-35(30)51-34-5-3-4-31(44)38(34)40(54)48-41(42)51)26-11-16-49(17-12-26)23-25-10-13-43(55-24-25)14-18-50(19-15-43)28-21-32(45)37(33(46)22-28)29-7-9-36(52)47-39(29)53/h3-6,8,20-22,25-26,29H,7,9-19,23-24H2,1-2H3,(H,47,52,53). The zero-order chi connectivity index (χ0) is 38.2. The van der Waals surface area contributed by atoms with E-state index in [1.165, 1.54) is 23.3 Å². The van der Waals surface area contributed by atoms with E-state index in [1.54, 1.807) is 0 Å². The molecule has 5 aliphatic heterocycles. The van der Waals surface area contributed by atoms with E-state index in [2.05, 4.69) is 67.7 Å². The van der Waals surface area contributed by atoms with Crippen LogP contribution in [0.3, 0.4) is 0 Å². The van der Waals surface area contributed by atoms with Gasteiger partial charge in [0.15, 0.2) is 0 Å². The lowest BCUT2D eigenvalue weighted by molar-refractivity contribution is -0.134. The van der Waals surface area contributed by atoms with Gasteiger partial charge in [0.2, 0.25) is 11.8 Å². The molecule has 0 radical (unpaired) electrons. The number of carbonyl (C=O) groups is 2. The van der Waals surface area contributed by atoms with Crippen molar-refractivity contribution in [1.29, 1.82) is 0 Å². The van der Waals surface area contributed by atoms with Crippen LogP contribution in [0.25, 0.3) is 16.6 Å². The highest BCUT2D eigenvalue weighted by atomic mass is 79.9. The van der Waals surface area contributed by atoms with Crippen molar-refractivity contribution < 1.29 is 23.1 Å². The number of nitrogens with one attached hydrogen (secondary N) is 1. The van der Waals surface area contributed by atoms with Crippen LogP contribution in [-0.2, 0) is 19.7 Å². The molecule has 55 heavy (non-hydrogen) atoms. The molecule has 1 spiro atoms. The van der Waals surface area contributed by atoms with Crippen LogP contribution in [0.15, 0.2) is 57.8 Å². The van der Waals surface area contributed by atoms with Gasteiger partial charge in [-0.1, -0.05) is 18.2 Å². The third-order valence-corrected chi connectivity index (χ3v) is 13.9. The van der Waals surface area contributed by atoms with Gasteiger partial charge in [-0.3, -0.25) is 24.3 Å². The van der Waals surface area contributed by atoms with E-state index in [-0.39, 0.29) is 35.0 Å². The van der Waals surface area contributed by atoms with Gasteiger partial charge in [0.1, 0.15) is 17.5 Å². The number of likely N-dealkylation sites (tertiary alicyclic amines) is 1. The number of carbonyl (C=O) groups excluding carboxylic acids is 2. The Kier molecular flexibility index (Phi) is 9.24. The van der Waals surface area contributed by atoms with Crippen LogP contribution in [0.2, 0.25) is 0 Å². The average Bonchev–Trinajstić information content (AvgIpc) is 3.39. The van der Waals surface area contributed by atoms with Gasteiger partial charge in [-0.15, -0.1) is 0 Å². The fourth-order valence-electron chi connectivity index (χ4n) is 10.0. The SMILES string of the molecule is CC1(C)c2ccc(C3CCN(CC4CCC5(CCN(c6cc(F)c(C7CCC(=O)NC7=O)c(F)c6)CC5)OC4)CC3)cc2-n2c1nc(=O)c1c(Br)cccc12. The third kappa shape index (κ3) is 6.42. The van der Waals surface area contributed by atoms with Crippen molar-refractivity contribution in [2.24, 2.45) is 5.92 Å². The Bertz CT molecular complexity index is 2240. The lowest BCUT2D eigenvalue weighted by Crippen LogP contribution is -2.50. The number of hydrogen-bond acceptors (Lipinski definition) is 7. The van der Waals surface area contributed by atoms with Crippen LogP contribution in [0, 0.1) is 17.6 Å². The first-order chi connectivity index (χ1) is 26.4. The Balaban J connectivity index is 0.792. The van der Waals surface area contributed by atoms with Crippen LogP contribution >= 0.6 is 15.9 Å². The number of hydrogen-bond donors (Lipinski definition) is 1. The molecule has 9 nitrogen and oxygen atoms in total. The van der Waals surface area contributed by atoms with Gasteiger partial charge in [0.05, 0.1) is 40.1 Å². The van der Waals surface area contributed by atoms with Crippen molar-refractivity contribution in [3.63, 3.8) is 0 Å². The first-order valence-corrected chi connectivity index (χ1v) is 20.5. The molecule has 4 aromatic rings. The number of rotatable bonds is 5. The second-order valence-electron chi connectivity index (χ2n) is 16.9. The molecular weight excluding hydrogens is 768 g/mol. The van der Waals surface area contributed by atoms with E-state index >= 15 is 8.78 Å². The van der Waals surface area contributed by atoms with Crippen LogP contribution in [0.4, 0.5) is 14.5 Å². The highest BCUT2D eigenvalue weighted by Gasteiger charge is 2.42. The summed E-state index contributed by atoms with van der Waals surface area (Å²) in [6, 6.07) is 15.4. The Hall–Kier alpha value is -4.00. The van der Waals surface area contributed by atoms with Crippen molar-refractivity contribution in [1.82, 2.24) is 19.8 Å². The molecule has 2 amide bonds. The first kappa shape index (κ1) is 36.6. The van der Waals surface area contributed by atoms with Crippen LogP contribution < -0.4 is 15.8 Å². The number of fused-ring (bicyclic) bond motifs is 5. The molecule has 0 bridgehead atoms. The number of ether oxygens (including phenoxy) is 1. The minimum absolute atomic E-state index is 0.0662. The molecule has 2 atom stereocenters. The van der Waals surface area contributed by atoms with Crippen molar-refractivity contribution in [2.75, 3.05) is 44.2 Å². The topological polar surface area (TPSA) is 96.8 Å². The molecule has 0 saturated carbocycles. The number of imide groups is 1. The van der Waals surface area contributed by atoms with E-state index in [0.29, 0.717) is 36.0 Å². The van der Waals surface area contributed by atoms with Crippen molar-refractivity contribution >= 4 is 44.3 Å². The summed E-state index contributed by atoms with van der Waals surface area (Å²) in [5, 5.41) is 2.81. The molecule has 5 aliphatic rings. The minimum atomic E-state index is -1.00. The van der Waals surface area contributed by atoms with Crippen LogP contribution in [-0.4, -0.2) is 71.2 Å².